The molecule has 0 fully saturated rings. The van der Waals surface area contributed by atoms with Crippen molar-refractivity contribution in [3.63, 3.8) is 0 Å². The van der Waals surface area contributed by atoms with E-state index < -0.39 is 0 Å². The van der Waals surface area contributed by atoms with Crippen LogP contribution >= 0.6 is 0 Å². The van der Waals surface area contributed by atoms with Crippen molar-refractivity contribution < 1.29 is 4.74 Å². The molecule has 0 aliphatic rings. The molecule has 7 heteroatoms. The van der Waals surface area contributed by atoms with E-state index in [1.807, 2.05) is 13.8 Å². The van der Waals surface area contributed by atoms with E-state index in [1.165, 1.54) is 0 Å². The second-order valence-electron chi connectivity index (χ2n) is 5.60. The fourth-order valence-corrected chi connectivity index (χ4v) is 2.53. The summed E-state index contributed by atoms with van der Waals surface area (Å²) < 4.78 is 9.49. The second-order valence-corrected chi connectivity index (χ2v) is 5.60. The van der Waals surface area contributed by atoms with Crippen LogP contribution in [0.5, 0.6) is 0 Å². The van der Waals surface area contributed by atoms with Crippen molar-refractivity contribution in [1.29, 1.82) is 0 Å². The summed E-state index contributed by atoms with van der Waals surface area (Å²) in [4.78, 5) is 4.72. The molecule has 3 aromatic heterocycles. The van der Waals surface area contributed by atoms with Gasteiger partial charge in [0.1, 0.15) is 17.9 Å². The van der Waals surface area contributed by atoms with Gasteiger partial charge in [0.2, 0.25) is 5.65 Å². The number of rotatable bonds is 5. The number of nitrogens with zero attached hydrogens (tertiary/aromatic N) is 6. The van der Waals surface area contributed by atoms with Crippen LogP contribution in [0.1, 0.15) is 32.3 Å². The minimum Gasteiger partial charge on any atom is -0.374 e. The molecule has 3 heterocycles. The second kappa shape index (κ2) is 5.40. The van der Waals surface area contributed by atoms with Gasteiger partial charge < -0.3 is 9.30 Å². The van der Waals surface area contributed by atoms with Crippen LogP contribution in [0.25, 0.3) is 16.7 Å². The molecular formula is C14H20N6O. The summed E-state index contributed by atoms with van der Waals surface area (Å²) in [6.45, 7) is 10.4. The monoisotopic (exact) mass is 288 g/mol. The van der Waals surface area contributed by atoms with Gasteiger partial charge in [-0.1, -0.05) is 13.8 Å². The van der Waals surface area contributed by atoms with Gasteiger partial charge in [-0.2, -0.15) is 4.52 Å². The molecule has 0 saturated heterocycles. The van der Waals surface area contributed by atoms with E-state index in [0.29, 0.717) is 24.8 Å². The van der Waals surface area contributed by atoms with E-state index in [-0.39, 0.29) is 0 Å². The third-order valence-corrected chi connectivity index (χ3v) is 3.43. The van der Waals surface area contributed by atoms with Crippen molar-refractivity contribution in [1.82, 2.24) is 29.6 Å². The minimum absolute atomic E-state index is 0.505. The number of pyridine rings is 1. The number of aryl methyl sites for hydroxylation is 1. The van der Waals surface area contributed by atoms with Gasteiger partial charge in [-0.05, 0) is 36.3 Å². The molecular weight excluding hydrogens is 268 g/mol. The number of imidazole rings is 1. The molecule has 0 aromatic carbocycles. The fourth-order valence-electron chi connectivity index (χ4n) is 2.53. The van der Waals surface area contributed by atoms with Crippen LogP contribution in [0.15, 0.2) is 6.07 Å². The Labute approximate surface area is 122 Å². The Morgan fingerprint density at radius 1 is 1.33 bits per heavy atom. The smallest absolute Gasteiger partial charge is 0.207 e. The third kappa shape index (κ3) is 2.37. The summed E-state index contributed by atoms with van der Waals surface area (Å²) >= 11 is 0. The highest BCUT2D eigenvalue weighted by Gasteiger charge is 2.17. The lowest BCUT2D eigenvalue weighted by molar-refractivity contribution is 0.125. The maximum atomic E-state index is 5.55. The standard InChI is InChI=1S/C14H20N6O/c1-5-21-8-12-15-13-11(19(12)7-9(2)3)6-10(4)20-14(13)16-17-18-20/h6,9H,5,7-8H2,1-4H3. The van der Waals surface area contributed by atoms with Crippen LogP contribution in [0.4, 0.5) is 0 Å². The first-order chi connectivity index (χ1) is 10.1. The van der Waals surface area contributed by atoms with Crippen LogP contribution in [0.2, 0.25) is 0 Å². The average Bonchev–Trinajstić information content (AvgIpc) is 3.03. The number of aromatic nitrogens is 6. The molecule has 0 amide bonds. The Morgan fingerprint density at radius 2 is 2.14 bits per heavy atom. The molecule has 0 bridgehead atoms. The van der Waals surface area contributed by atoms with Crippen molar-refractivity contribution in [3.05, 3.63) is 17.6 Å². The minimum atomic E-state index is 0.505. The van der Waals surface area contributed by atoms with Gasteiger partial charge in [0.25, 0.3) is 0 Å². The van der Waals surface area contributed by atoms with E-state index in [1.54, 1.807) is 4.52 Å². The number of hydrogen-bond donors (Lipinski definition) is 0. The molecule has 0 N–H and O–H groups in total. The first kappa shape index (κ1) is 13.9. The summed E-state index contributed by atoms with van der Waals surface area (Å²) in [7, 11) is 0. The van der Waals surface area contributed by atoms with Gasteiger partial charge in [-0.15, -0.1) is 5.10 Å². The summed E-state index contributed by atoms with van der Waals surface area (Å²) in [5.41, 5.74) is 3.60. The van der Waals surface area contributed by atoms with Gasteiger partial charge >= 0.3 is 0 Å². The molecule has 0 saturated carbocycles. The van der Waals surface area contributed by atoms with Crippen molar-refractivity contribution in [2.45, 2.75) is 40.8 Å². The highest BCUT2D eigenvalue weighted by atomic mass is 16.5. The first-order valence-electron chi connectivity index (χ1n) is 7.26. The molecule has 0 aliphatic heterocycles. The molecule has 0 atom stereocenters. The lowest BCUT2D eigenvalue weighted by Crippen LogP contribution is -2.10. The normalized spacial score (nSPS) is 12.0. The van der Waals surface area contributed by atoms with Crippen molar-refractivity contribution in [3.8, 4) is 0 Å². The number of fused-ring (bicyclic) bond motifs is 3. The molecule has 3 aromatic rings. The van der Waals surface area contributed by atoms with Crippen molar-refractivity contribution >= 4 is 16.7 Å². The van der Waals surface area contributed by atoms with E-state index in [0.717, 1.165) is 29.1 Å². The number of ether oxygens (including phenoxy) is 1. The molecule has 112 valence electrons. The van der Waals surface area contributed by atoms with Gasteiger partial charge in [0.05, 0.1) is 5.52 Å². The van der Waals surface area contributed by atoms with Gasteiger partial charge in [-0.3, -0.25) is 0 Å². The largest absolute Gasteiger partial charge is 0.374 e. The highest BCUT2D eigenvalue weighted by molar-refractivity contribution is 5.88. The van der Waals surface area contributed by atoms with Gasteiger partial charge in [0, 0.05) is 18.8 Å². The molecule has 0 unspecified atom stereocenters. The Balaban J connectivity index is 2.24. The maximum Gasteiger partial charge on any atom is 0.207 e. The zero-order valence-electron chi connectivity index (χ0n) is 12.9. The summed E-state index contributed by atoms with van der Waals surface area (Å²) in [5.74, 6) is 1.45. The zero-order valence-corrected chi connectivity index (χ0v) is 12.9. The predicted molar refractivity (Wildman–Crippen MR) is 79.0 cm³/mol. The van der Waals surface area contributed by atoms with Gasteiger partial charge in [0.15, 0.2) is 0 Å². The first-order valence-corrected chi connectivity index (χ1v) is 7.26. The Hall–Kier alpha value is -2.02. The molecule has 7 nitrogen and oxygen atoms in total. The van der Waals surface area contributed by atoms with Crippen LogP contribution < -0.4 is 0 Å². The molecule has 21 heavy (non-hydrogen) atoms. The maximum absolute atomic E-state index is 5.55. The molecule has 0 aliphatic carbocycles. The summed E-state index contributed by atoms with van der Waals surface area (Å²) in [6.07, 6.45) is 0. The fraction of sp³-hybridized carbons (Fsp3) is 0.571. The van der Waals surface area contributed by atoms with E-state index in [4.69, 9.17) is 9.72 Å². The molecule has 3 rings (SSSR count). The summed E-state index contributed by atoms with van der Waals surface area (Å²) in [6, 6.07) is 2.09. The number of hydrogen-bond acceptors (Lipinski definition) is 5. The lowest BCUT2D eigenvalue weighted by atomic mass is 10.2. The third-order valence-electron chi connectivity index (χ3n) is 3.43. The Kier molecular flexibility index (Phi) is 3.59. The van der Waals surface area contributed by atoms with Crippen molar-refractivity contribution in [2.75, 3.05) is 6.61 Å². The van der Waals surface area contributed by atoms with Gasteiger partial charge in [-0.25, -0.2) is 4.98 Å². The quantitative estimate of drug-likeness (QED) is 0.718. The average molecular weight is 288 g/mol. The number of tetrazole rings is 1. The van der Waals surface area contributed by atoms with E-state index in [2.05, 4.69) is 40.0 Å². The van der Waals surface area contributed by atoms with E-state index >= 15 is 0 Å². The SMILES string of the molecule is CCOCc1nc2c(cc(C)n3nnnc23)n1CC(C)C. The van der Waals surface area contributed by atoms with Crippen LogP contribution in [0, 0.1) is 12.8 Å². The Morgan fingerprint density at radius 3 is 2.86 bits per heavy atom. The molecule has 0 radical (unpaired) electrons. The predicted octanol–water partition coefficient (Wildman–Crippen LogP) is 1.97. The summed E-state index contributed by atoms with van der Waals surface area (Å²) in [5, 5.41) is 11.9. The lowest BCUT2D eigenvalue weighted by Gasteiger charge is -2.12. The topological polar surface area (TPSA) is 70.1 Å². The zero-order chi connectivity index (χ0) is 15.0. The van der Waals surface area contributed by atoms with Crippen LogP contribution in [-0.4, -0.2) is 36.2 Å². The van der Waals surface area contributed by atoms with Crippen molar-refractivity contribution in [2.24, 2.45) is 5.92 Å². The van der Waals surface area contributed by atoms with E-state index in [9.17, 15) is 0 Å². The Bertz CT molecular complexity index is 773. The van der Waals surface area contributed by atoms with Crippen LogP contribution in [-0.2, 0) is 17.9 Å². The molecule has 0 spiro atoms. The highest BCUT2D eigenvalue weighted by Crippen LogP contribution is 2.23. The van der Waals surface area contributed by atoms with Crippen LogP contribution in [0.3, 0.4) is 0 Å².